The zero-order chi connectivity index (χ0) is 4.71. The maximum atomic E-state index is 4.76. The van der Waals surface area contributed by atoms with Gasteiger partial charge in [0, 0.05) is 22.4 Å². The zero-order valence-corrected chi connectivity index (χ0v) is 5.42. The number of halogens is 2. The molecule has 0 amide bonds. The van der Waals surface area contributed by atoms with Crippen LogP contribution in [0.5, 0.6) is 0 Å². The standard InChI is InChI=1S/CH2Cl2.S2/c2-1-3;1-2/h1H2;. The van der Waals surface area contributed by atoms with E-state index in [-0.39, 0.29) is 5.34 Å². The molecule has 32 valence electrons. The zero-order valence-electron chi connectivity index (χ0n) is 2.28. The quantitative estimate of drug-likeness (QED) is 0.477. The maximum absolute atomic E-state index is 4.76. The highest BCUT2D eigenvalue weighted by atomic mass is 35.5. The summed E-state index contributed by atoms with van der Waals surface area (Å²) in [5.41, 5.74) is 0. The summed E-state index contributed by atoms with van der Waals surface area (Å²) in [6, 6.07) is 0. The van der Waals surface area contributed by atoms with Crippen molar-refractivity contribution in [2.45, 2.75) is 0 Å². The third kappa shape index (κ3) is 44.0. The normalized spacial score (nSPS) is 4.40. The van der Waals surface area contributed by atoms with Crippen molar-refractivity contribution in [3.05, 3.63) is 0 Å². The van der Waals surface area contributed by atoms with Gasteiger partial charge in [0.05, 0.1) is 5.34 Å². The van der Waals surface area contributed by atoms with E-state index in [1.165, 1.54) is 0 Å². The average Bonchev–Trinajstić information content (AvgIpc) is 1.46. The molecule has 0 bridgehead atoms. The SMILES string of the molecule is ClCCl.S=S. The fourth-order valence-corrected chi connectivity index (χ4v) is 0. The molecule has 0 radical (unpaired) electrons. The van der Waals surface area contributed by atoms with Crippen molar-refractivity contribution < 1.29 is 0 Å². The highest BCUT2D eigenvalue weighted by Gasteiger charge is 1.41. The van der Waals surface area contributed by atoms with Crippen molar-refractivity contribution in [2.75, 3.05) is 5.34 Å². The minimum absolute atomic E-state index is 0.194. The summed E-state index contributed by atoms with van der Waals surface area (Å²) < 4.78 is 0. The Labute approximate surface area is 51.1 Å². The molecule has 0 aliphatic heterocycles. The molecule has 0 saturated heterocycles. The molecule has 0 aliphatic rings. The van der Waals surface area contributed by atoms with Crippen molar-refractivity contribution in [3.63, 3.8) is 0 Å². The Balaban J connectivity index is 0. The molecule has 0 atom stereocenters. The van der Waals surface area contributed by atoms with Gasteiger partial charge in [-0.15, -0.1) is 23.2 Å². The second-order valence-electron chi connectivity index (χ2n) is 0.101. The van der Waals surface area contributed by atoms with Crippen LogP contribution in [0.2, 0.25) is 0 Å². The third-order valence-corrected chi connectivity index (χ3v) is 0. The molecular weight excluding hydrogens is 147 g/mol. The van der Waals surface area contributed by atoms with Gasteiger partial charge >= 0.3 is 0 Å². The molecule has 0 aromatic carbocycles. The Kier molecular flexibility index (Phi) is 37.3. The van der Waals surface area contributed by atoms with Crippen LogP contribution in [0.25, 0.3) is 0 Å². The third-order valence-electron chi connectivity index (χ3n) is 0. The summed E-state index contributed by atoms with van der Waals surface area (Å²) in [6.07, 6.45) is 0. The minimum Gasteiger partial charge on any atom is -0.109 e. The molecule has 5 heavy (non-hydrogen) atoms. The number of rotatable bonds is 0. The van der Waals surface area contributed by atoms with Crippen LogP contribution in [0.1, 0.15) is 0 Å². The van der Waals surface area contributed by atoms with Gasteiger partial charge in [-0.2, -0.15) is 0 Å². The van der Waals surface area contributed by atoms with E-state index >= 15 is 0 Å². The van der Waals surface area contributed by atoms with Crippen molar-refractivity contribution in [2.24, 2.45) is 0 Å². The molecule has 0 saturated carbocycles. The van der Waals surface area contributed by atoms with Crippen LogP contribution in [0.3, 0.4) is 0 Å². The lowest BCUT2D eigenvalue weighted by molar-refractivity contribution is 2.20. The fourth-order valence-electron chi connectivity index (χ4n) is 0. The van der Waals surface area contributed by atoms with Crippen LogP contribution in [-0.2, 0) is 22.4 Å². The average molecular weight is 149 g/mol. The Bertz CT molecular complexity index is 11.6. The van der Waals surface area contributed by atoms with Crippen molar-refractivity contribution in [1.29, 1.82) is 0 Å². The topological polar surface area (TPSA) is 0 Å². The van der Waals surface area contributed by atoms with Crippen LogP contribution >= 0.6 is 23.2 Å². The Hall–Kier alpha value is 1.02. The van der Waals surface area contributed by atoms with E-state index in [0.29, 0.717) is 0 Å². The lowest BCUT2D eigenvalue weighted by Gasteiger charge is -1.42. The van der Waals surface area contributed by atoms with Crippen LogP contribution in [0.15, 0.2) is 0 Å². The number of alkyl halides is 2. The smallest absolute Gasteiger partial charge is 0.0967 e. The van der Waals surface area contributed by atoms with E-state index in [2.05, 4.69) is 22.4 Å². The molecule has 0 fully saturated rings. The molecule has 4 heteroatoms. The first-order valence-corrected chi connectivity index (χ1v) is 3.10. The van der Waals surface area contributed by atoms with Crippen LogP contribution in [-0.4, -0.2) is 5.34 Å². The Morgan fingerprint density at radius 1 is 1.20 bits per heavy atom. The lowest BCUT2D eigenvalue weighted by Crippen LogP contribution is -1.24. The summed E-state index contributed by atoms with van der Waals surface area (Å²) in [6.45, 7) is 0. The molecule has 0 aromatic rings. The highest BCUT2D eigenvalue weighted by molar-refractivity contribution is 8.07. The molecule has 0 spiro atoms. The number of hydrogen-bond acceptors (Lipinski definition) is 2. The van der Waals surface area contributed by atoms with Gasteiger partial charge in [0.1, 0.15) is 0 Å². The molecule has 0 N–H and O–H groups in total. The molecule has 0 nitrogen and oxygen atoms in total. The van der Waals surface area contributed by atoms with Crippen LogP contribution in [0, 0.1) is 0 Å². The summed E-state index contributed by atoms with van der Waals surface area (Å²) in [5.74, 6) is 0. The van der Waals surface area contributed by atoms with Gasteiger partial charge < -0.3 is 0 Å². The minimum atomic E-state index is 0.194. The van der Waals surface area contributed by atoms with Crippen LogP contribution in [0.4, 0.5) is 0 Å². The second-order valence-corrected chi connectivity index (χ2v) is 0.909. The Morgan fingerprint density at radius 3 is 1.20 bits per heavy atom. The lowest BCUT2D eigenvalue weighted by atomic mass is 11.9. The molecule has 0 heterocycles. The monoisotopic (exact) mass is 148 g/mol. The first-order valence-electron chi connectivity index (χ1n) is 0.701. The van der Waals surface area contributed by atoms with E-state index in [9.17, 15) is 0 Å². The van der Waals surface area contributed by atoms with E-state index in [1.807, 2.05) is 0 Å². The largest absolute Gasteiger partial charge is 0.109 e. The Morgan fingerprint density at radius 2 is 1.20 bits per heavy atom. The fraction of sp³-hybridized carbons (Fsp3) is 1.00. The summed E-state index contributed by atoms with van der Waals surface area (Å²) >= 11 is 16.9. The second kappa shape index (κ2) is 19.9. The van der Waals surface area contributed by atoms with Crippen molar-refractivity contribution >= 4 is 45.6 Å². The summed E-state index contributed by atoms with van der Waals surface area (Å²) in [7, 11) is 0. The van der Waals surface area contributed by atoms with E-state index in [4.69, 9.17) is 23.2 Å². The molecular formula is CH2Cl2S2. The molecule has 0 unspecified atom stereocenters. The highest BCUT2D eigenvalue weighted by Crippen LogP contribution is 1.73. The first-order chi connectivity index (χ1) is 2.41. The van der Waals surface area contributed by atoms with Gasteiger partial charge in [0.25, 0.3) is 0 Å². The van der Waals surface area contributed by atoms with Gasteiger partial charge in [0.2, 0.25) is 0 Å². The predicted molar refractivity (Wildman–Crippen MR) is 31.3 cm³/mol. The van der Waals surface area contributed by atoms with E-state index in [1.54, 1.807) is 0 Å². The molecule has 0 aliphatic carbocycles. The summed E-state index contributed by atoms with van der Waals surface area (Å²) in [5, 5.41) is 0.194. The maximum Gasteiger partial charge on any atom is 0.0967 e. The van der Waals surface area contributed by atoms with Gasteiger partial charge in [-0.05, 0) is 0 Å². The predicted octanol–water partition coefficient (Wildman–Crippen LogP) is 1.42. The number of hydrogen-bond donors (Lipinski definition) is 0. The molecule has 0 aromatic heterocycles. The van der Waals surface area contributed by atoms with Gasteiger partial charge in [-0.25, -0.2) is 0 Å². The van der Waals surface area contributed by atoms with Gasteiger partial charge in [0.15, 0.2) is 0 Å². The first kappa shape index (κ1) is 9.39. The molecule has 0 rings (SSSR count). The van der Waals surface area contributed by atoms with E-state index in [0.717, 1.165) is 0 Å². The summed E-state index contributed by atoms with van der Waals surface area (Å²) in [4.78, 5) is 0. The van der Waals surface area contributed by atoms with Gasteiger partial charge in [-0.1, -0.05) is 0 Å². The van der Waals surface area contributed by atoms with Crippen molar-refractivity contribution in [3.8, 4) is 0 Å². The van der Waals surface area contributed by atoms with E-state index < -0.39 is 0 Å². The van der Waals surface area contributed by atoms with Crippen molar-refractivity contribution in [1.82, 2.24) is 0 Å². The van der Waals surface area contributed by atoms with Crippen LogP contribution < -0.4 is 0 Å². The van der Waals surface area contributed by atoms with Gasteiger partial charge in [-0.3, -0.25) is 0 Å².